The fraction of sp³-hybridized carbons (Fsp3) is 0.240. The van der Waals surface area contributed by atoms with Gasteiger partial charge < -0.3 is 9.47 Å². The van der Waals surface area contributed by atoms with Crippen molar-refractivity contribution < 1.29 is 14.3 Å². The van der Waals surface area contributed by atoms with Crippen molar-refractivity contribution in [1.82, 2.24) is 0 Å². The average Bonchev–Trinajstić information content (AvgIpc) is 2.74. The van der Waals surface area contributed by atoms with Crippen LogP contribution >= 0.6 is 15.9 Å². The molecule has 0 saturated carbocycles. The molecule has 3 nitrogen and oxygen atoms in total. The van der Waals surface area contributed by atoms with Gasteiger partial charge in [-0.2, -0.15) is 0 Å². The monoisotopic (exact) mass is 452 g/mol. The highest BCUT2D eigenvalue weighted by Crippen LogP contribution is 2.30. The van der Waals surface area contributed by atoms with Crippen LogP contribution in [0.25, 0.3) is 11.1 Å². The molecule has 1 atom stereocenters. The molecule has 0 N–H and O–H groups in total. The summed E-state index contributed by atoms with van der Waals surface area (Å²) in [7, 11) is 0. The Morgan fingerprint density at radius 3 is 2.21 bits per heavy atom. The van der Waals surface area contributed by atoms with Gasteiger partial charge in [-0.15, -0.1) is 0 Å². The summed E-state index contributed by atoms with van der Waals surface area (Å²) in [5.41, 5.74) is 3.22. The molecule has 0 aliphatic carbocycles. The van der Waals surface area contributed by atoms with Crippen molar-refractivity contribution in [2.24, 2.45) is 0 Å². The van der Waals surface area contributed by atoms with E-state index in [1.54, 1.807) is 0 Å². The number of carbonyl (C=O) groups is 1. The summed E-state index contributed by atoms with van der Waals surface area (Å²) in [6.07, 6.45) is -0.145. The fourth-order valence-electron chi connectivity index (χ4n) is 3.06. The van der Waals surface area contributed by atoms with Crippen LogP contribution in [0.3, 0.4) is 0 Å². The third kappa shape index (κ3) is 5.48. The number of hydrogen-bond acceptors (Lipinski definition) is 3. The highest BCUT2D eigenvalue weighted by atomic mass is 79.9. The van der Waals surface area contributed by atoms with E-state index < -0.39 is 6.10 Å². The van der Waals surface area contributed by atoms with Gasteiger partial charge >= 0.3 is 5.97 Å². The predicted molar refractivity (Wildman–Crippen MR) is 120 cm³/mol. The standard InChI is InChI=1S/C25H25BrO3/c1-4-23(25(27)29-24-15-12-20(26)16-22(24)17(2)3)28-21-13-10-19(11-14-21)18-8-6-5-7-9-18/h5-17,23H,4H2,1-3H3. The smallest absolute Gasteiger partial charge is 0.352 e. The molecular formula is C25H25BrO3. The lowest BCUT2D eigenvalue weighted by molar-refractivity contribution is -0.142. The molecule has 0 bridgehead atoms. The van der Waals surface area contributed by atoms with Crippen LogP contribution in [0.5, 0.6) is 11.5 Å². The molecule has 0 amide bonds. The number of ether oxygens (including phenoxy) is 2. The Morgan fingerprint density at radius 2 is 1.59 bits per heavy atom. The summed E-state index contributed by atoms with van der Waals surface area (Å²) in [5.74, 6) is 1.08. The molecule has 0 fully saturated rings. The first-order valence-corrected chi connectivity index (χ1v) is 10.6. The van der Waals surface area contributed by atoms with Gasteiger partial charge in [-0.05, 0) is 59.4 Å². The molecule has 0 spiro atoms. The Morgan fingerprint density at radius 1 is 0.931 bits per heavy atom. The van der Waals surface area contributed by atoms with Gasteiger partial charge in [0.15, 0.2) is 6.10 Å². The summed E-state index contributed by atoms with van der Waals surface area (Å²) in [4.78, 5) is 12.7. The van der Waals surface area contributed by atoms with Crippen LogP contribution in [-0.2, 0) is 4.79 Å². The molecule has 3 aromatic rings. The SMILES string of the molecule is CCC(Oc1ccc(-c2ccccc2)cc1)C(=O)Oc1ccc(Br)cc1C(C)C. The minimum atomic E-state index is -0.666. The quantitative estimate of drug-likeness (QED) is 0.285. The van der Waals surface area contributed by atoms with E-state index in [2.05, 4.69) is 41.9 Å². The van der Waals surface area contributed by atoms with E-state index in [4.69, 9.17) is 9.47 Å². The van der Waals surface area contributed by atoms with E-state index in [1.807, 2.05) is 67.6 Å². The first-order chi connectivity index (χ1) is 14.0. The zero-order chi connectivity index (χ0) is 20.8. The number of halogens is 1. The van der Waals surface area contributed by atoms with Crippen molar-refractivity contribution in [3.05, 3.63) is 82.8 Å². The van der Waals surface area contributed by atoms with Crippen LogP contribution in [0.1, 0.15) is 38.7 Å². The first kappa shape index (κ1) is 21.1. The van der Waals surface area contributed by atoms with Crippen molar-refractivity contribution in [1.29, 1.82) is 0 Å². The molecule has 0 radical (unpaired) electrons. The maximum absolute atomic E-state index is 12.7. The third-order valence-electron chi connectivity index (χ3n) is 4.68. The normalized spacial score (nSPS) is 11.9. The van der Waals surface area contributed by atoms with Gasteiger partial charge in [0.05, 0.1) is 0 Å². The molecule has 150 valence electrons. The predicted octanol–water partition coefficient (Wildman–Crippen LogP) is 7.00. The lowest BCUT2D eigenvalue weighted by Crippen LogP contribution is -2.31. The van der Waals surface area contributed by atoms with Gasteiger partial charge in [0, 0.05) is 4.47 Å². The molecule has 0 aliphatic rings. The fourth-order valence-corrected chi connectivity index (χ4v) is 3.44. The zero-order valence-corrected chi connectivity index (χ0v) is 18.5. The average molecular weight is 453 g/mol. The van der Waals surface area contributed by atoms with E-state index in [1.165, 1.54) is 0 Å². The number of esters is 1. The van der Waals surface area contributed by atoms with E-state index in [9.17, 15) is 4.79 Å². The molecule has 1 unspecified atom stereocenters. The molecule has 29 heavy (non-hydrogen) atoms. The summed E-state index contributed by atoms with van der Waals surface area (Å²) in [6.45, 7) is 6.05. The van der Waals surface area contributed by atoms with Crippen LogP contribution in [0.2, 0.25) is 0 Å². The van der Waals surface area contributed by atoms with Crippen molar-refractivity contribution in [3.8, 4) is 22.6 Å². The van der Waals surface area contributed by atoms with Gasteiger partial charge in [0.25, 0.3) is 0 Å². The molecule has 3 rings (SSSR count). The van der Waals surface area contributed by atoms with Crippen molar-refractivity contribution >= 4 is 21.9 Å². The second kappa shape index (κ2) is 9.75. The minimum absolute atomic E-state index is 0.238. The Balaban J connectivity index is 1.71. The minimum Gasteiger partial charge on any atom is -0.479 e. The largest absolute Gasteiger partial charge is 0.479 e. The maximum Gasteiger partial charge on any atom is 0.352 e. The number of hydrogen-bond donors (Lipinski definition) is 0. The van der Waals surface area contributed by atoms with E-state index in [-0.39, 0.29) is 11.9 Å². The Kier molecular flexibility index (Phi) is 7.10. The van der Waals surface area contributed by atoms with Crippen LogP contribution < -0.4 is 9.47 Å². The lowest BCUT2D eigenvalue weighted by atomic mass is 10.0. The van der Waals surface area contributed by atoms with Crippen LogP contribution in [0.15, 0.2) is 77.3 Å². The molecule has 0 heterocycles. The van der Waals surface area contributed by atoms with Crippen LogP contribution in [0.4, 0.5) is 0 Å². The van der Waals surface area contributed by atoms with Crippen LogP contribution in [-0.4, -0.2) is 12.1 Å². The highest BCUT2D eigenvalue weighted by molar-refractivity contribution is 9.10. The summed E-state index contributed by atoms with van der Waals surface area (Å²) >= 11 is 3.48. The molecule has 0 aromatic heterocycles. The second-order valence-electron chi connectivity index (χ2n) is 7.16. The Hall–Kier alpha value is -2.59. The topological polar surface area (TPSA) is 35.5 Å². The highest BCUT2D eigenvalue weighted by Gasteiger charge is 2.22. The Labute approximate surface area is 180 Å². The third-order valence-corrected chi connectivity index (χ3v) is 5.17. The zero-order valence-electron chi connectivity index (χ0n) is 16.9. The number of benzene rings is 3. The van der Waals surface area contributed by atoms with Gasteiger partial charge in [-0.3, -0.25) is 0 Å². The van der Waals surface area contributed by atoms with Gasteiger partial charge in [0.1, 0.15) is 11.5 Å². The van der Waals surface area contributed by atoms with E-state index in [0.717, 1.165) is 21.2 Å². The lowest BCUT2D eigenvalue weighted by Gasteiger charge is -2.19. The second-order valence-corrected chi connectivity index (χ2v) is 8.08. The van der Waals surface area contributed by atoms with E-state index in [0.29, 0.717) is 17.9 Å². The van der Waals surface area contributed by atoms with Crippen molar-refractivity contribution in [2.75, 3.05) is 0 Å². The van der Waals surface area contributed by atoms with Gasteiger partial charge in [0.2, 0.25) is 0 Å². The molecule has 3 aromatic carbocycles. The van der Waals surface area contributed by atoms with Gasteiger partial charge in [-0.25, -0.2) is 4.79 Å². The van der Waals surface area contributed by atoms with Gasteiger partial charge in [-0.1, -0.05) is 79.2 Å². The van der Waals surface area contributed by atoms with Crippen LogP contribution in [0, 0.1) is 0 Å². The number of rotatable bonds is 7. The molecule has 0 aliphatic heterocycles. The first-order valence-electron chi connectivity index (χ1n) is 9.81. The summed E-state index contributed by atoms with van der Waals surface area (Å²) < 4.78 is 12.6. The molecule has 0 saturated heterocycles. The molecular weight excluding hydrogens is 428 g/mol. The molecule has 4 heteroatoms. The Bertz CT molecular complexity index is 950. The van der Waals surface area contributed by atoms with Crippen molar-refractivity contribution in [2.45, 2.75) is 39.2 Å². The summed E-state index contributed by atoms with van der Waals surface area (Å²) in [6, 6.07) is 23.6. The van der Waals surface area contributed by atoms with E-state index >= 15 is 0 Å². The summed E-state index contributed by atoms with van der Waals surface area (Å²) in [5, 5.41) is 0. The maximum atomic E-state index is 12.7. The number of carbonyl (C=O) groups excluding carboxylic acids is 1. The van der Waals surface area contributed by atoms with Crippen molar-refractivity contribution in [3.63, 3.8) is 0 Å².